The molecule has 76 valence electrons. The SMILES string of the molecule is CN1Cc2ccccc2C1C(C)(C)O. The molecule has 14 heavy (non-hydrogen) atoms. The van der Waals surface area contributed by atoms with Crippen molar-refractivity contribution >= 4 is 0 Å². The normalized spacial score (nSPS) is 22.4. The average Bonchev–Trinajstić information content (AvgIpc) is 2.38. The molecule has 0 bridgehead atoms. The quantitative estimate of drug-likeness (QED) is 0.733. The van der Waals surface area contributed by atoms with E-state index in [1.807, 2.05) is 19.9 Å². The van der Waals surface area contributed by atoms with Crippen LogP contribution in [0, 0.1) is 0 Å². The van der Waals surface area contributed by atoms with Gasteiger partial charge in [-0.15, -0.1) is 0 Å². The smallest absolute Gasteiger partial charge is 0.0787 e. The third-order valence-corrected chi connectivity index (χ3v) is 2.88. The second-order valence-corrected chi connectivity index (χ2v) is 4.67. The molecule has 0 saturated carbocycles. The summed E-state index contributed by atoms with van der Waals surface area (Å²) in [6.45, 7) is 4.68. The number of hydrogen-bond acceptors (Lipinski definition) is 2. The molecule has 0 aromatic heterocycles. The Morgan fingerprint density at radius 3 is 2.64 bits per heavy atom. The van der Waals surface area contributed by atoms with Gasteiger partial charge in [0, 0.05) is 6.54 Å². The zero-order valence-corrected chi connectivity index (χ0v) is 8.99. The van der Waals surface area contributed by atoms with Gasteiger partial charge in [-0.25, -0.2) is 0 Å². The maximum absolute atomic E-state index is 10.1. The molecule has 1 N–H and O–H groups in total. The molecule has 1 aromatic rings. The van der Waals surface area contributed by atoms with E-state index >= 15 is 0 Å². The number of fused-ring (bicyclic) bond motifs is 1. The van der Waals surface area contributed by atoms with E-state index in [9.17, 15) is 5.11 Å². The molecule has 2 heteroatoms. The summed E-state index contributed by atoms with van der Waals surface area (Å²) in [6.07, 6.45) is 0. The Bertz CT molecular complexity index is 340. The molecular formula is C12H17NO. The zero-order chi connectivity index (χ0) is 10.3. The first kappa shape index (κ1) is 9.69. The van der Waals surface area contributed by atoms with Crippen LogP contribution in [0.5, 0.6) is 0 Å². The lowest BCUT2D eigenvalue weighted by Crippen LogP contribution is -2.36. The van der Waals surface area contributed by atoms with Gasteiger partial charge in [-0.05, 0) is 32.0 Å². The fourth-order valence-electron chi connectivity index (χ4n) is 2.46. The van der Waals surface area contributed by atoms with Gasteiger partial charge in [0.1, 0.15) is 0 Å². The van der Waals surface area contributed by atoms with Crippen molar-refractivity contribution in [2.24, 2.45) is 0 Å². The first-order chi connectivity index (χ1) is 6.50. The minimum Gasteiger partial charge on any atom is -0.388 e. The van der Waals surface area contributed by atoms with Crippen LogP contribution in [0.3, 0.4) is 0 Å². The van der Waals surface area contributed by atoms with Crippen LogP contribution < -0.4 is 0 Å². The van der Waals surface area contributed by atoms with E-state index in [0.717, 1.165) is 6.54 Å². The van der Waals surface area contributed by atoms with Crippen LogP contribution in [0.2, 0.25) is 0 Å². The molecule has 2 rings (SSSR count). The largest absolute Gasteiger partial charge is 0.388 e. The monoisotopic (exact) mass is 191 g/mol. The summed E-state index contributed by atoms with van der Waals surface area (Å²) >= 11 is 0. The van der Waals surface area contributed by atoms with Crippen LogP contribution in [0.4, 0.5) is 0 Å². The van der Waals surface area contributed by atoms with Gasteiger partial charge in [0.15, 0.2) is 0 Å². The molecule has 0 saturated heterocycles. The summed E-state index contributed by atoms with van der Waals surface area (Å²) in [5.74, 6) is 0. The Balaban J connectivity index is 2.45. The molecule has 1 aliphatic heterocycles. The van der Waals surface area contributed by atoms with Crippen molar-refractivity contribution in [3.05, 3.63) is 35.4 Å². The van der Waals surface area contributed by atoms with Crippen LogP contribution in [0.15, 0.2) is 24.3 Å². The molecule has 1 aromatic carbocycles. The highest BCUT2D eigenvalue weighted by molar-refractivity contribution is 5.35. The second kappa shape index (κ2) is 3.07. The van der Waals surface area contributed by atoms with Crippen molar-refractivity contribution in [1.29, 1.82) is 0 Å². The number of likely N-dealkylation sites (N-methyl/N-ethyl adjacent to an activating group) is 1. The number of aliphatic hydroxyl groups is 1. The van der Waals surface area contributed by atoms with Crippen LogP contribution in [-0.2, 0) is 6.54 Å². The topological polar surface area (TPSA) is 23.5 Å². The Hall–Kier alpha value is -0.860. The van der Waals surface area contributed by atoms with Crippen molar-refractivity contribution in [2.75, 3.05) is 7.05 Å². The van der Waals surface area contributed by atoms with Crippen LogP contribution in [-0.4, -0.2) is 22.7 Å². The molecule has 2 nitrogen and oxygen atoms in total. The van der Waals surface area contributed by atoms with Crippen molar-refractivity contribution in [1.82, 2.24) is 4.90 Å². The van der Waals surface area contributed by atoms with Gasteiger partial charge < -0.3 is 5.11 Å². The maximum atomic E-state index is 10.1. The number of benzene rings is 1. The third kappa shape index (κ3) is 1.45. The fraction of sp³-hybridized carbons (Fsp3) is 0.500. The Labute approximate surface area is 85.2 Å². The van der Waals surface area contributed by atoms with Gasteiger partial charge >= 0.3 is 0 Å². The molecule has 0 aliphatic carbocycles. The van der Waals surface area contributed by atoms with Crippen molar-refractivity contribution < 1.29 is 5.11 Å². The minimum absolute atomic E-state index is 0.124. The molecule has 0 fully saturated rings. The summed E-state index contributed by atoms with van der Waals surface area (Å²) in [5.41, 5.74) is 1.92. The minimum atomic E-state index is -0.679. The van der Waals surface area contributed by atoms with Gasteiger partial charge in [0.05, 0.1) is 11.6 Å². The van der Waals surface area contributed by atoms with Crippen LogP contribution >= 0.6 is 0 Å². The molecule has 1 unspecified atom stereocenters. The average molecular weight is 191 g/mol. The first-order valence-corrected chi connectivity index (χ1v) is 5.00. The first-order valence-electron chi connectivity index (χ1n) is 5.00. The lowest BCUT2D eigenvalue weighted by atomic mass is 9.92. The van der Waals surface area contributed by atoms with Crippen LogP contribution in [0.25, 0.3) is 0 Å². The Morgan fingerprint density at radius 1 is 1.36 bits per heavy atom. The lowest BCUT2D eigenvalue weighted by molar-refractivity contribution is -0.00545. The van der Waals surface area contributed by atoms with Crippen molar-refractivity contribution in [3.8, 4) is 0 Å². The summed E-state index contributed by atoms with van der Waals surface area (Å²) in [6, 6.07) is 8.47. The maximum Gasteiger partial charge on any atom is 0.0787 e. The zero-order valence-electron chi connectivity index (χ0n) is 8.99. The van der Waals surface area contributed by atoms with Crippen molar-refractivity contribution in [3.63, 3.8) is 0 Å². The van der Waals surface area contributed by atoms with E-state index in [0.29, 0.717) is 0 Å². The third-order valence-electron chi connectivity index (χ3n) is 2.88. The molecule has 1 aliphatic rings. The predicted octanol–water partition coefficient (Wildman–Crippen LogP) is 1.94. The Kier molecular flexibility index (Phi) is 2.13. The molecule has 0 amide bonds. The van der Waals surface area contributed by atoms with Crippen LogP contribution in [0.1, 0.15) is 31.0 Å². The van der Waals surface area contributed by atoms with E-state index in [1.165, 1.54) is 11.1 Å². The van der Waals surface area contributed by atoms with Crippen molar-refractivity contribution in [2.45, 2.75) is 32.0 Å². The molecule has 0 spiro atoms. The molecular weight excluding hydrogens is 174 g/mol. The highest BCUT2D eigenvalue weighted by Gasteiger charge is 2.37. The summed E-state index contributed by atoms with van der Waals surface area (Å²) in [4.78, 5) is 2.20. The van der Waals surface area contributed by atoms with E-state index in [4.69, 9.17) is 0 Å². The highest BCUT2D eigenvalue weighted by atomic mass is 16.3. The summed E-state index contributed by atoms with van der Waals surface area (Å²) in [7, 11) is 2.06. The molecule has 1 heterocycles. The second-order valence-electron chi connectivity index (χ2n) is 4.67. The van der Waals surface area contributed by atoms with E-state index in [2.05, 4.69) is 30.1 Å². The van der Waals surface area contributed by atoms with E-state index < -0.39 is 5.60 Å². The van der Waals surface area contributed by atoms with Gasteiger partial charge in [-0.3, -0.25) is 4.90 Å². The van der Waals surface area contributed by atoms with Gasteiger partial charge in [0.2, 0.25) is 0 Å². The fourth-order valence-corrected chi connectivity index (χ4v) is 2.46. The number of hydrogen-bond donors (Lipinski definition) is 1. The molecule has 0 radical (unpaired) electrons. The number of nitrogens with zero attached hydrogens (tertiary/aromatic N) is 1. The number of rotatable bonds is 1. The predicted molar refractivity (Wildman–Crippen MR) is 56.9 cm³/mol. The summed E-state index contributed by atoms with van der Waals surface area (Å²) < 4.78 is 0. The molecule has 1 atom stereocenters. The Morgan fingerprint density at radius 2 is 2.00 bits per heavy atom. The lowest BCUT2D eigenvalue weighted by Gasteiger charge is -2.31. The van der Waals surface area contributed by atoms with Gasteiger partial charge in [-0.2, -0.15) is 0 Å². The van der Waals surface area contributed by atoms with E-state index in [-0.39, 0.29) is 6.04 Å². The standard InChI is InChI=1S/C12H17NO/c1-12(2,14)11-10-7-5-4-6-9(10)8-13(11)3/h4-7,11,14H,8H2,1-3H3. The van der Waals surface area contributed by atoms with Gasteiger partial charge in [0.25, 0.3) is 0 Å². The van der Waals surface area contributed by atoms with E-state index in [1.54, 1.807) is 0 Å². The van der Waals surface area contributed by atoms with Gasteiger partial charge in [-0.1, -0.05) is 24.3 Å². The highest BCUT2D eigenvalue weighted by Crippen LogP contribution is 2.38. The summed E-state index contributed by atoms with van der Waals surface area (Å²) in [5, 5.41) is 10.1.